The summed E-state index contributed by atoms with van der Waals surface area (Å²) in [6.45, 7) is 5.35. The van der Waals surface area contributed by atoms with E-state index in [-0.39, 0.29) is 6.09 Å². The fourth-order valence-corrected chi connectivity index (χ4v) is 0.866. The van der Waals surface area contributed by atoms with E-state index in [9.17, 15) is 4.79 Å². The maximum absolute atomic E-state index is 10.9. The number of ether oxygens (including phenoxy) is 1. The Kier molecular flexibility index (Phi) is 7.99. The maximum atomic E-state index is 10.9. The molecule has 0 saturated carbocycles. The van der Waals surface area contributed by atoms with Crippen molar-refractivity contribution in [2.75, 3.05) is 18.9 Å². The van der Waals surface area contributed by atoms with Crippen LogP contribution in [0.4, 0.5) is 4.79 Å². The van der Waals surface area contributed by atoms with Crippen molar-refractivity contribution in [2.24, 2.45) is 5.92 Å². The molecule has 3 nitrogen and oxygen atoms in total. The first-order chi connectivity index (χ1) is 6.16. The van der Waals surface area contributed by atoms with E-state index in [2.05, 4.69) is 31.8 Å². The molecule has 0 fully saturated rings. The van der Waals surface area contributed by atoms with E-state index in [0.29, 0.717) is 19.1 Å². The van der Waals surface area contributed by atoms with Crippen LogP contribution in [0.3, 0.4) is 0 Å². The predicted molar refractivity (Wildman–Crippen MR) is 57.3 cm³/mol. The lowest BCUT2D eigenvalue weighted by atomic mass is 10.1. The minimum Gasteiger partial charge on any atom is -0.450 e. The molecule has 0 radical (unpaired) electrons. The highest BCUT2D eigenvalue weighted by Gasteiger charge is 2.00. The zero-order valence-corrected chi connectivity index (χ0v) is 9.27. The number of carbonyl (C=O) groups excluding carboxylic acids is 1. The summed E-state index contributed by atoms with van der Waals surface area (Å²) in [4.78, 5) is 10.9. The van der Waals surface area contributed by atoms with Gasteiger partial charge in [0.2, 0.25) is 0 Å². The molecule has 1 amide bonds. The Bertz CT molecular complexity index is 140. The van der Waals surface area contributed by atoms with Crippen LogP contribution in [0, 0.1) is 5.92 Å². The minimum absolute atomic E-state index is 0.317. The largest absolute Gasteiger partial charge is 0.450 e. The quantitative estimate of drug-likeness (QED) is 0.514. The fourth-order valence-electron chi connectivity index (χ4n) is 0.708. The Hall–Kier alpha value is -0.380. The van der Waals surface area contributed by atoms with Crippen LogP contribution < -0.4 is 5.32 Å². The SMILES string of the molecule is CC(C)CCOC(=O)NCCCS. The molecule has 13 heavy (non-hydrogen) atoms. The van der Waals surface area contributed by atoms with Gasteiger partial charge in [-0.25, -0.2) is 4.79 Å². The molecule has 0 bridgehead atoms. The van der Waals surface area contributed by atoms with Crippen LogP contribution in [-0.4, -0.2) is 25.0 Å². The van der Waals surface area contributed by atoms with E-state index in [4.69, 9.17) is 4.74 Å². The molecular formula is C9H19NO2S. The zero-order valence-electron chi connectivity index (χ0n) is 8.38. The molecule has 0 saturated heterocycles. The third-order valence-corrected chi connectivity index (χ3v) is 1.85. The van der Waals surface area contributed by atoms with Crippen LogP contribution in [-0.2, 0) is 4.74 Å². The van der Waals surface area contributed by atoms with Crippen LogP contribution >= 0.6 is 12.6 Å². The molecule has 0 aromatic carbocycles. The average Bonchev–Trinajstić information content (AvgIpc) is 2.04. The second kappa shape index (κ2) is 8.23. The van der Waals surface area contributed by atoms with Gasteiger partial charge in [-0.3, -0.25) is 0 Å². The number of hydrogen-bond donors (Lipinski definition) is 2. The van der Waals surface area contributed by atoms with Gasteiger partial charge in [0.25, 0.3) is 0 Å². The first kappa shape index (κ1) is 12.6. The summed E-state index contributed by atoms with van der Waals surface area (Å²) in [5.41, 5.74) is 0. The number of hydrogen-bond acceptors (Lipinski definition) is 3. The molecule has 0 rings (SSSR count). The van der Waals surface area contributed by atoms with Gasteiger partial charge in [-0.2, -0.15) is 12.6 Å². The topological polar surface area (TPSA) is 38.3 Å². The number of carbonyl (C=O) groups is 1. The van der Waals surface area contributed by atoms with Crippen molar-refractivity contribution in [3.05, 3.63) is 0 Å². The molecular weight excluding hydrogens is 186 g/mol. The van der Waals surface area contributed by atoms with E-state index < -0.39 is 0 Å². The summed E-state index contributed by atoms with van der Waals surface area (Å²) in [6.07, 6.45) is 1.48. The van der Waals surface area contributed by atoms with E-state index in [1.807, 2.05) is 0 Å². The van der Waals surface area contributed by atoms with Gasteiger partial charge in [0, 0.05) is 6.54 Å². The van der Waals surface area contributed by atoms with Gasteiger partial charge < -0.3 is 10.1 Å². The summed E-state index contributed by atoms with van der Waals surface area (Å²) in [5, 5.41) is 2.65. The third kappa shape index (κ3) is 9.53. The van der Waals surface area contributed by atoms with Crippen molar-refractivity contribution in [3.8, 4) is 0 Å². The number of nitrogens with one attached hydrogen (secondary N) is 1. The maximum Gasteiger partial charge on any atom is 0.407 e. The standard InChI is InChI=1S/C9H19NO2S/c1-8(2)4-6-12-9(11)10-5-3-7-13/h8,13H,3-7H2,1-2H3,(H,10,11). The lowest BCUT2D eigenvalue weighted by molar-refractivity contribution is 0.140. The molecule has 0 atom stereocenters. The lowest BCUT2D eigenvalue weighted by Gasteiger charge is -2.07. The van der Waals surface area contributed by atoms with Crippen LogP contribution in [0.15, 0.2) is 0 Å². The van der Waals surface area contributed by atoms with Gasteiger partial charge in [-0.05, 0) is 24.5 Å². The van der Waals surface area contributed by atoms with Crippen molar-refractivity contribution < 1.29 is 9.53 Å². The number of thiol groups is 1. The summed E-state index contributed by atoms with van der Waals surface area (Å²) >= 11 is 4.03. The molecule has 78 valence electrons. The van der Waals surface area contributed by atoms with Crippen LogP contribution in [0.5, 0.6) is 0 Å². The third-order valence-electron chi connectivity index (χ3n) is 1.53. The average molecular weight is 205 g/mol. The first-order valence-corrected chi connectivity index (χ1v) is 5.31. The Balaban J connectivity index is 3.20. The summed E-state index contributed by atoms with van der Waals surface area (Å²) in [6, 6.07) is 0. The van der Waals surface area contributed by atoms with Gasteiger partial charge in [0.05, 0.1) is 6.61 Å². The van der Waals surface area contributed by atoms with E-state index >= 15 is 0 Å². The minimum atomic E-state index is -0.317. The van der Waals surface area contributed by atoms with Crippen molar-refractivity contribution >= 4 is 18.7 Å². The van der Waals surface area contributed by atoms with Crippen LogP contribution in [0.1, 0.15) is 26.7 Å². The molecule has 1 N–H and O–H groups in total. The molecule has 0 aliphatic carbocycles. The van der Waals surface area contributed by atoms with E-state index in [1.165, 1.54) is 0 Å². The van der Waals surface area contributed by atoms with Crippen molar-refractivity contribution in [1.29, 1.82) is 0 Å². The number of alkyl carbamates (subject to hydrolysis) is 1. The molecule has 0 aliphatic heterocycles. The van der Waals surface area contributed by atoms with E-state index in [1.54, 1.807) is 0 Å². The highest BCUT2D eigenvalue weighted by atomic mass is 32.1. The smallest absolute Gasteiger partial charge is 0.407 e. The fraction of sp³-hybridized carbons (Fsp3) is 0.889. The van der Waals surface area contributed by atoms with Gasteiger partial charge in [-0.1, -0.05) is 13.8 Å². The monoisotopic (exact) mass is 205 g/mol. The highest BCUT2D eigenvalue weighted by Crippen LogP contribution is 1.98. The zero-order chi connectivity index (χ0) is 10.1. The Morgan fingerprint density at radius 1 is 1.54 bits per heavy atom. The Morgan fingerprint density at radius 2 is 2.23 bits per heavy atom. The Labute approximate surface area is 85.6 Å². The summed E-state index contributed by atoms with van der Waals surface area (Å²) in [7, 11) is 0. The van der Waals surface area contributed by atoms with Crippen LogP contribution in [0.2, 0.25) is 0 Å². The molecule has 0 aromatic heterocycles. The molecule has 0 unspecified atom stereocenters. The van der Waals surface area contributed by atoms with Gasteiger partial charge in [-0.15, -0.1) is 0 Å². The second-order valence-electron chi connectivity index (χ2n) is 3.32. The molecule has 4 heteroatoms. The van der Waals surface area contributed by atoms with Crippen molar-refractivity contribution in [2.45, 2.75) is 26.7 Å². The summed E-state index contributed by atoms with van der Waals surface area (Å²) in [5.74, 6) is 1.36. The van der Waals surface area contributed by atoms with Crippen LogP contribution in [0.25, 0.3) is 0 Å². The molecule has 0 aliphatic rings. The van der Waals surface area contributed by atoms with Gasteiger partial charge in [0.1, 0.15) is 0 Å². The normalized spacial score (nSPS) is 10.2. The second-order valence-corrected chi connectivity index (χ2v) is 3.77. The first-order valence-electron chi connectivity index (χ1n) is 4.68. The Morgan fingerprint density at radius 3 is 2.77 bits per heavy atom. The molecule has 0 spiro atoms. The van der Waals surface area contributed by atoms with Gasteiger partial charge in [0.15, 0.2) is 0 Å². The highest BCUT2D eigenvalue weighted by molar-refractivity contribution is 7.80. The molecule has 0 heterocycles. The number of rotatable bonds is 6. The van der Waals surface area contributed by atoms with Crippen molar-refractivity contribution in [1.82, 2.24) is 5.32 Å². The summed E-state index contributed by atoms with van der Waals surface area (Å²) < 4.78 is 4.92. The predicted octanol–water partition coefficient (Wildman–Crippen LogP) is 2.08. The lowest BCUT2D eigenvalue weighted by Crippen LogP contribution is -2.26. The number of amides is 1. The van der Waals surface area contributed by atoms with Crippen molar-refractivity contribution in [3.63, 3.8) is 0 Å². The molecule has 0 aromatic rings. The van der Waals surface area contributed by atoms with Gasteiger partial charge >= 0.3 is 6.09 Å². The van der Waals surface area contributed by atoms with E-state index in [0.717, 1.165) is 18.6 Å².